The molecule has 0 aliphatic carbocycles. The van der Waals surface area contributed by atoms with Crippen molar-refractivity contribution in [2.24, 2.45) is 0 Å². The number of pyridine rings is 1. The molecule has 4 nitrogen and oxygen atoms in total. The lowest BCUT2D eigenvalue weighted by atomic mass is 9.97. The number of nitrogens with zero attached hydrogens (tertiary/aromatic N) is 2. The van der Waals surface area contributed by atoms with Crippen LogP contribution >= 0.6 is 0 Å². The third kappa shape index (κ3) is 3.57. The highest BCUT2D eigenvalue weighted by atomic mass is 19.1. The Morgan fingerprint density at radius 1 is 1.25 bits per heavy atom. The van der Waals surface area contributed by atoms with Gasteiger partial charge in [-0.25, -0.2) is 4.39 Å². The lowest BCUT2D eigenvalue weighted by molar-refractivity contribution is 0.297. The summed E-state index contributed by atoms with van der Waals surface area (Å²) in [4.78, 5) is 6.80. The lowest BCUT2D eigenvalue weighted by Gasteiger charge is -2.23. The predicted octanol–water partition coefficient (Wildman–Crippen LogP) is 3.13. The summed E-state index contributed by atoms with van der Waals surface area (Å²) in [7, 11) is 0. The first-order valence-electron chi connectivity index (χ1n) is 8.54. The van der Waals surface area contributed by atoms with Gasteiger partial charge in [0.15, 0.2) is 0 Å². The van der Waals surface area contributed by atoms with Crippen molar-refractivity contribution in [1.29, 1.82) is 0 Å². The van der Waals surface area contributed by atoms with Crippen LogP contribution in [-0.2, 0) is 6.61 Å². The van der Waals surface area contributed by atoms with Crippen LogP contribution in [0.25, 0.3) is 0 Å². The molecule has 1 N–H and O–H groups in total. The molecule has 24 heavy (non-hydrogen) atoms. The fraction of sp³-hybridized carbons (Fsp3) is 0.421. The van der Waals surface area contributed by atoms with E-state index in [1.807, 2.05) is 12.1 Å². The summed E-state index contributed by atoms with van der Waals surface area (Å²) in [5.74, 6) is 0.468. The fourth-order valence-corrected chi connectivity index (χ4v) is 3.15. The Balaban J connectivity index is 1.89. The van der Waals surface area contributed by atoms with Gasteiger partial charge in [-0.1, -0.05) is 19.9 Å². The molecule has 1 aliphatic heterocycles. The zero-order chi connectivity index (χ0) is 16.9. The Morgan fingerprint density at radius 2 is 2.08 bits per heavy atom. The highest BCUT2D eigenvalue weighted by Gasteiger charge is 2.25. The number of hydrogen-bond acceptors (Lipinski definition) is 4. The van der Waals surface area contributed by atoms with Crippen LogP contribution < -0.4 is 10.1 Å². The first kappa shape index (κ1) is 16.9. The molecule has 0 bridgehead atoms. The minimum Gasteiger partial charge on any atom is -0.487 e. The number of fused-ring (bicyclic) bond motifs is 2. The number of halogens is 1. The van der Waals surface area contributed by atoms with Crippen LogP contribution in [-0.4, -0.2) is 36.1 Å². The molecule has 5 heteroatoms. The minimum atomic E-state index is -0.250. The van der Waals surface area contributed by atoms with Gasteiger partial charge in [-0.15, -0.1) is 0 Å². The smallest absolute Gasteiger partial charge is 0.131 e. The van der Waals surface area contributed by atoms with Gasteiger partial charge in [0.05, 0.1) is 11.7 Å². The maximum Gasteiger partial charge on any atom is 0.131 e. The van der Waals surface area contributed by atoms with E-state index in [1.54, 1.807) is 18.3 Å². The maximum absolute atomic E-state index is 13.8. The van der Waals surface area contributed by atoms with E-state index in [0.717, 1.165) is 48.7 Å². The van der Waals surface area contributed by atoms with Crippen LogP contribution in [0.5, 0.6) is 5.75 Å². The van der Waals surface area contributed by atoms with Gasteiger partial charge in [-0.3, -0.25) is 4.98 Å². The van der Waals surface area contributed by atoms with E-state index < -0.39 is 0 Å². The molecule has 3 rings (SSSR count). The summed E-state index contributed by atoms with van der Waals surface area (Å²) in [5.41, 5.74) is 2.79. The Labute approximate surface area is 142 Å². The maximum atomic E-state index is 13.8. The summed E-state index contributed by atoms with van der Waals surface area (Å²) in [6.45, 7) is 8.54. The standard InChI is InChI=1S/C19H24FN3O/c1-3-23(4-2)11-10-22-19-15-6-5-9-21-17(15)13-24-18-8-7-14(20)12-16(18)19/h5-9,12,19,22H,3-4,10-11,13H2,1-2H3. The minimum absolute atomic E-state index is 0.113. The van der Waals surface area contributed by atoms with Crippen molar-refractivity contribution in [3.63, 3.8) is 0 Å². The number of hydrogen-bond donors (Lipinski definition) is 1. The summed E-state index contributed by atoms with van der Waals surface area (Å²) < 4.78 is 19.7. The van der Waals surface area contributed by atoms with Gasteiger partial charge in [0.25, 0.3) is 0 Å². The summed E-state index contributed by atoms with van der Waals surface area (Å²) in [6.07, 6.45) is 1.77. The van der Waals surface area contributed by atoms with Gasteiger partial charge in [0.1, 0.15) is 18.2 Å². The summed E-state index contributed by atoms with van der Waals surface area (Å²) >= 11 is 0. The molecule has 1 aliphatic rings. The van der Waals surface area contributed by atoms with E-state index in [-0.39, 0.29) is 11.9 Å². The highest BCUT2D eigenvalue weighted by molar-refractivity contribution is 5.45. The number of aromatic nitrogens is 1. The molecule has 2 heterocycles. The van der Waals surface area contributed by atoms with Crippen molar-refractivity contribution in [1.82, 2.24) is 15.2 Å². The molecule has 1 unspecified atom stereocenters. The monoisotopic (exact) mass is 329 g/mol. The van der Waals surface area contributed by atoms with Gasteiger partial charge < -0.3 is 15.0 Å². The van der Waals surface area contributed by atoms with Crippen molar-refractivity contribution in [2.75, 3.05) is 26.2 Å². The van der Waals surface area contributed by atoms with Crippen LogP contribution in [0.15, 0.2) is 36.5 Å². The van der Waals surface area contributed by atoms with E-state index >= 15 is 0 Å². The molecule has 1 atom stereocenters. The van der Waals surface area contributed by atoms with Crippen LogP contribution in [0.2, 0.25) is 0 Å². The quantitative estimate of drug-likeness (QED) is 0.883. The molecule has 0 fully saturated rings. The number of benzene rings is 1. The van der Waals surface area contributed by atoms with Crippen LogP contribution in [0.4, 0.5) is 4.39 Å². The number of nitrogens with one attached hydrogen (secondary N) is 1. The average Bonchev–Trinajstić information content (AvgIpc) is 2.76. The van der Waals surface area contributed by atoms with E-state index in [1.165, 1.54) is 6.07 Å². The van der Waals surface area contributed by atoms with Crippen molar-refractivity contribution in [3.05, 3.63) is 59.2 Å². The van der Waals surface area contributed by atoms with Gasteiger partial charge in [0, 0.05) is 24.8 Å². The van der Waals surface area contributed by atoms with E-state index in [0.29, 0.717) is 6.61 Å². The third-order valence-electron chi connectivity index (χ3n) is 4.55. The van der Waals surface area contributed by atoms with Gasteiger partial charge in [-0.2, -0.15) is 0 Å². The molecule has 0 saturated carbocycles. The molecule has 1 aromatic heterocycles. The Hall–Kier alpha value is -1.98. The second kappa shape index (κ2) is 7.73. The molecular formula is C19H24FN3O. The van der Waals surface area contributed by atoms with E-state index in [4.69, 9.17) is 4.74 Å². The number of ether oxygens (including phenoxy) is 1. The Kier molecular flexibility index (Phi) is 5.43. The first-order valence-corrected chi connectivity index (χ1v) is 8.54. The first-order chi connectivity index (χ1) is 11.7. The number of likely N-dealkylation sites (N-methyl/N-ethyl adjacent to an activating group) is 1. The molecular weight excluding hydrogens is 305 g/mol. The lowest BCUT2D eigenvalue weighted by Crippen LogP contribution is -2.34. The molecule has 1 aromatic carbocycles. The van der Waals surface area contributed by atoms with Gasteiger partial charge in [0.2, 0.25) is 0 Å². The molecule has 0 saturated heterocycles. The van der Waals surface area contributed by atoms with Gasteiger partial charge >= 0.3 is 0 Å². The Bertz CT molecular complexity index is 688. The SMILES string of the molecule is CCN(CC)CCNC1c2cc(F)ccc2OCc2ncccc21. The predicted molar refractivity (Wildman–Crippen MR) is 92.6 cm³/mol. The zero-order valence-electron chi connectivity index (χ0n) is 14.3. The van der Waals surface area contributed by atoms with E-state index in [2.05, 4.69) is 29.0 Å². The fourth-order valence-electron chi connectivity index (χ4n) is 3.15. The van der Waals surface area contributed by atoms with Crippen molar-refractivity contribution in [2.45, 2.75) is 26.5 Å². The summed E-state index contributed by atoms with van der Waals surface area (Å²) in [5, 5.41) is 3.57. The average molecular weight is 329 g/mol. The van der Waals surface area contributed by atoms with Crippen molar-refractivity contribution >= 4 is 0 Å². The molecule has 0 amide bonds. The van der Waals surface area contributed by atoms with Crippen LogP contribution in [0.3, 0.4) is 0 Å². The molecule has 0 radical (unpaired) electrons. The molecule has 0 spiro atoms. The second-order valence-electron chi connectivity index (χ2n) is 5.92. The Morgan fingerprint density at radius 3 is 2.88 bits per heavy atom. The topological polar surface area (TPSA) is 37.4 Å². The largest absolute Gasteiger partial charge is 0.487 e. The van der Waals surface area contributed by atoms with Crippen LogP contribution in [0, 0.1) is 5.82 Å². The van der Waals surface area contributed by atoms with Crippen LogP contribution in [0.1, 0.15) is 36.7 Å². The van der Waals surface area contributed by atoms with Gasteiger partial charge in [-0.05, 0) is 42.9 Å². The third-order valence-corrected chi connectivity index (χ3v) is 4.55. The van der Waals surface area contributed by atoms with Crippen molar-refractivity contribution < 1.29 is 9.13 Å². The summed E-state index contributed by atoms with van der Waals surface area (Å²) in [6, 6.07) is 8.55. The molecule has 2 aromatic rings. The van der Waals surface area contributed by atoms with Crippen molar-refractivity contribution in [3.8, 4) is 5.75 Å². The number of rotatable bonds is 6. The normalized spacial score (nSPS) is 16.2. The zero-order valence-corrected chi connectivity index (χ0v) is 14.3. The second-order valence-corrected chi connectivity index (χ2v) is 5.92. The highest BCUT2D eigenvalue weighted by Crippen LogP contribution is 2.35. The van der Waals surface area contributed by atoms with E-state index in [9.17, 15) is 4.39 Å². The molecule has 128 valence electrons.